The van der Waals surface area contributed by atoms with Crippen molar-refractivity contribution in [1.82, 2.24) is 5.32 Å². The van der Waals surface area contributed by atoms with Gasteiger partial charge in [0.2, 0.25) is 5.91 Å². The van der Waals surface area contributed by atoms with E-state index in [0.29, 0.717) is 28.6 Å². The van der Waals surface area contributed by atoms with E-state index in [2.05, 4.69) is 10.3 Å². The Morgan fingerprint density at radius 1 is 1.23 bits per heavy atom. The van der Waals surface area contributed by atoms with Crippen LogP contribution < -0.4 is 10.2 Å². The van der Waals surface area contributed by atoms with Crippen LogP contribution in [0.25, 0.3) is 0 Å². The summed E-state index contributed by atoms with van der Waals surface area (Å²) in [6.45, 7) is 2.01. The highest BCUT2D eigenvalue weighted by atomic mass is 35.5. The molecule has 0 aliphatic carbocycles. The fourth-order valence-electron chi connectivity index (χ4n) is 2.69. The van der Waals surface area contributed by atoms with E-state index in [1.165, 1.54) is 18.4 Å². The van der Waals surface area contributed by atoms with Crippen LogP contribution in [0.1, 0.15) is 19.1 Å². The monoisotopic (exact) mass is 373 g/mol. The number of benzene rings is 1. The van der Waals surface area contributed by atoms with Gasteiger partial charge in [-0.25, -0.2) is 9.69 Å². The van der Waals surface area contributed by atoms with Gasteiger partial charge in [-0.1, -0.05) is 18.5 Å². The molecule has 1 aromatic carbocycles. The van der Waals surface area contributed by atoms with Crippen molar-refractivity contribution in [3.8, 4) is 0 Å². The van der Waals surface area contributed by atoms with Crippen LogP contribution in [0.4, 0.5) is 10.5 Å². The smallest absolute Gasteiger partial charge is 0.335 e. The third kappa shape index (κ3) is 3.52. The summed E-state index contributed by atoms with van der Waals surface area (Å²) < 4.78 is 5.22. The van der Waals surface area contributed by atoms with Gasteiger partial charge in [-0.2, -0.15) is 0 Å². The number of imide groups is 2. The lowest BCUT2D eigenvalue weighted by atomic mass is 9.96. The highest BCUT2D eigenvalue weighted by Gasteiger charge is 2.43. The Kier molecular flexibility index (Phi) is 5.18. The van der Waals surface area contributed by atoms with E-state index < -0.39 is 23.8 Å². The largest absolute Gasteiger partial charge is 0.467 e. The number of aliphatic imine (C=N–C) groups is 1. The average molecular weight is 374 g/mol. The summed E-state index contributed by atoms with van der Waals surface area (Å²) in [5, 5.41) is 2.69. The second-order valence-electron chi connectivity index (χ2n) is 5.62. The molecule has 8 heteroatoms. The number of amides is 4. The maximum Gasteiger partial charge on any atom is 0.335 e. The van der Waals surface area contributed by atoms with Gasteiger partial charge in [0.05, 0.1) is 18.5 Å². The summed E-state index contributed by atoms with van der Waals surface area (Å²) >= 11 is 5.85. The quantitative estimate of drug-likeness (QED) is 0.643. The summed E-state index contributed by atoms with van der Waals surface area (Å²) in [6, 6.07) is 8.90. The Morgan fingerprint density at radius 2 is 1.96 bits per heavy atom. The van der Waals surface area contributed by atoms with Gasteiger partial charge in [0.1, 0.15) is 5.76 Å². The van der Waals surface area contributed by atoms with E-state index in [9.17, 15) is 14.4 Å². The van der Waals surface area contributed by atoms with E-state index in [4.69, 9.17) is 16.0 Å². The molecule has 2 heterocycles. The zero-order chi connectivity index (χ0) is 18.7. The molecule has 1 aromatic heterocycles. The second-order valence-corrected chi connectivity index (χ2v) is 6.05. The van der Waals surface area contributed by atoms with Crippen LogP contribution >= 0.6 is 11.6 Å². The predicted octanol–water partition coefficient (Wildman–Crippen LogP) is 3.18. The van der Waals surface area contributed by atoms with Crippen LogP contribution in [0.15, 0.2) is 52.1 Å². The number of rotatable bonds is 5. The molecular weight excluding hydrogens is 358 g/mol. The third-order valence-corrected chi connectivity index (χ3v) is 4.21. The molecule has 4 amide bonds. The summed E-state index contributed by atoms with van der Waals surface area (Å²) in [4.78, 5) is 42.7. The SMILES string of the molecule is CCC(=NCc1ccco1)C1C(=O)NC(=O)N(c2ccc(Cl)cc2)C1=O. The number of barbiturate groups is 1. The van der Waals surface area contributed by atoms with Gasteiger partial charge in [0.25, 0.3) is 5.91 Å². The number of nitrogens with zero attached hydrogens (tertiary/aromatic N) is 2. The molecule has 1 unspecified atom stereocenters. The van der Waals surface area contributed by atoms with Crippen LogP contribution in [0.5, 0.6) is 0 Å². The summed E-state index contributed by atoms with van der Waals surface area (Å²) in [6.07, 6.45) is 1.91. The third-order valence-electron chi connectivity index (χ3n) is 3.96. The van der Waals surface area contributed by atoms with Crippen molar-refractivity contribution < 1.29 is 18.8 Å². The molecule has 1 saturated heterocycles. The van der Waals surface area contributed by atoms with Crippen molar-refractivity contribution in [1.29, 1.82) is 0 Å². The van der Waals surface area contributed by atoms with Crippen LogP contribution in [-0.4, -0.2) is 23.6 Å². The van der Waals surface area contributed by atoms with Gasteiger partial charge >= 0.3 is 6.03 Å². The molecule has 2 aromatic rings. The highest BCUT2D eigenvalue weighted by molar-refractivity contribution is 6.35. The van der Waals surface area contributed by atoms with Crippen LogP contribution in [0.3, 0.4) is 0 Å². The molecular formula is C18H16ClN3O4. The summed E-state index contributed by atoms with van der Waals surface area (Å²) in [5.41, 5.74) is 0.714. The van der Waals surface area contributed by atoms with Gasteiger partial charge in [-0.3, -0.25) is 19.9 Å². The van der Waals surface area contributed by atoms with Crippen molar-refractivity contribution in [2.75, 3.05) is 4.90 Å². The predicted molar refractivity (Wildman–Crippen MR) is 96.1 cm³/mol. The number of carbonyl (C=O) groups excluding carboxylic acids is 3. The fraction of sp³-hybridized carbons (Fsp3) is 0.222. The first-order valence-electron chi connectivity index (χ1n) is 8.01. The molecule has 1 atom stereocenters. The van der Waals surface area contributed by atoms with Crippen molar-refractivity contribution >= 4 is 40.8 Å². The van der Waals surface area contributed by atoms with Crippen molar-refractivity contribution in [2.45, 2.75) is 19.9 Å². The van der Waals surface area contributed by atoms with E-state index in [-0.39, 0.29) is 6.54 Å². The number of halogens is 1. The minimum atomic E-state index is -1.16. The lowest BCUT2D eigenvalue weighted by Crippen LogP contribution is -2.60. The number of carbonyl (C=O) groups is 3. The number of hydrogen-bond acceptors (Lipinski definition) is 5. The Hall–Kier alpha value is -2.93. The number of hydrogen-bond donors (Lipinski definition) is 1. The molecule has 1 aliphatic heterocycles. The van der Waals surface area contributed by atoms with E-state index in [0.717, 1.165) is 4.90 Å². The van der Waals surface area contributed by atoms with Crippen molar-refractivity contribution in [3.05, 3.63) is 53.4 Å². The molecule has 134 valence electrons. The number of furan rings is 1. The van der Waals surface area contributed by atoms with E-state index >= 15 is 0 Å². The first-order chi connectivity index (χ1) is 12.5. The molecule has 0 bridgehead atoms. The minimum absolute atomic E-state index is 0.210. The number of anilines is 1. The first-order valence-corrected chi connectivity index (χ1v) is 8.39. The Bertz CT molecular complexity index is 859. The maximum absolute atomic E-state index is 12.9. The standard InChI is InChI=1S/C18H16ClN3O4/c1-2-14(20-10-13-4-3-9-26-13)15-16(23)21-18(25)22(17(15)24)12-7-5-11(19)6-8-12/h3-9,15H,2,10H2,1H3,(H,21,23,25). The Labute approximate surface area is 154 Å². The van der Waals surface area contributed by atoms with Gasteiger partial charge in [0.15, 0.2) is 5.92 Å². The van der Waals surface area contributed by atoms with E-state index in [1.807, 2.05) is 0 Å². The summed E-state index contributed by atoms with van der Waals surface area (Å²) in [7, 11) is 0. The fourth-order valence-corrected chi connectivity index (χ4v) is 2.82. The molecule has 1 aliphatic rings. The van der Waals surface area contributed by atoms with Gasteiger partial charge in [-0.05, 0) is 42.8 Å². The topological polar surface area (TPSA) is 92.0 Å². The molecule has 0 spiro atoms. The van der Waals surface area contributed by atoms with Gasteiger partial charge in [-0.15, -0.1) is 0 Å². The van der Waals surface area contributed by atoms with E-state index in [1.54, 1.807) is 31.2 Å². The van der Waals surface area contributed by atoms with Crippen LogP contribution in [-0.2, 0) is 16.1 Å². The van der Waals surface area contributed by atoms with Crippen LogP contribution in [0, 0.1) is 5.92 Å². The van der Waals surface area contributed by atoms with Crippen LogP contribution in [0.2, 0.25) is 5.02 Å². The number of urea groups is 1. The normalized spacial score (nSPS) is 18.2. The lowest BCUT2D eigenvalue weighted by Gasteiger charge is -2.30. The van der Waals surface area contributed by atoms with Crippen molar-refractivity contribution in [2.24, 2.45) is 10.9 Å². The number of nitrogens with one attached hydrogen (secondary N) is 1. The van der Waals surface area contributed by atoms with Gasteiger partial charge in [0, 0.05) is 10.7 Å². The van der Waals surface area contributed by atoms with Crippen molar-refractivity contribution in [3.63, 3.8) is 0 Å². The molecule has 1 N–H and O–H groups in total. The second kappa shape index (κ2) is 7.53. The molecule has 7 nitrogen and oxygen atoms in total. The average Bonchev–Trinajstić information content (AvgIpc) is 3.12. The Balaban J connectivity index is 1.90. The molecule has 3 rings (SSSR count). The molecule has 1 fully saturated rings. The molecule has 0 radical (unpaired) electrons. The highest BCUT2D eigenvalue weighted by Crippen LogP contribution is 2.24. The maximum atomic E-state index is 12.9. The zero-order valence-corrected chi connectivity index (χ0v) is 14.7. The van der Waals surface area contributed by atoms with Gasteiger partial charge < -0.3 is 4.42 Å². The zero-order valence-electron chi connectivity index (χ0n) is 13.9. The molecule has 0 saturated carbocycles. The first kappa shape index (κ1) is 17.9. The summed E-state index contributed by atoms with van der Waals surface area (Å²) in [5.74, 6) is -1.86. The minimum Gasteiger partial charge on any atom is -0.467 e. The molecule has 26 heavy (non-hydrogen) atoms. The Morgan fingerprint density at radius 3 is 2.58 bits per heavy atom. The lowest BCUT2D eigenvalue weighted by molar-refractivity contribution is -0.131.